The van der Waals surface area contributed by atoms with Crippen LogP contribution >= 0.6 is 0 Å². The van der Waals surface area contributed by atoms with Crippen molar-refractivity contribution in [2.45, 2.75) is 38.9 Å². The first-order valence-corrected chi connectivity index (χ1v) is 9.51. The Morgan fingerprint density at radius 1 is 0.643 bits per heavy atom. The van der Waals surface area contributed by atoms with Crippen molar-refractivity contribution in [3.8, 4) is 0 Å². The molecule has 2 atom stereocenters. The Hall–Kier alpha value is -3.14. The van der Waals surface area contributed by atoms with Gasteiger partial charge in [-0.25, -0.2) is 9.59 Å². The summed E-state index contributed by atoms with van der Waals surface area (Å²) >= 11 is 0. The van der Waals surface area contributed by atoms with Crippen LogP contribution in [0.2, 0.25) is 0 Å². The zero-order valence-electron chi connectivity index (χ0n) is 16.0. The van der Waals surface area contributed by atoms with Gasteiger partial charge >= 0.3 is 11.9 Å². The van der Waals surface area contributed by atoms with Gasteiger partial charge in [-0.2, -0.15) is 0 Å². The molecule has 0 amide bonds. The molecule has 0 N–H and O–H groups in total. The lowest BCUT2D eigenvalue weighted by Gasteiger charge is -2.15. The predicted molar refractivity (Wildman–Crippen MR) is 105 cm³/mol. The van der Waals surface area contributed by atoms with E-state index < -0.39 is 12.2 Å². The third-order valence-electron chi connectivity index (χ3n) is 5.26. The van der Waals surface area contributed by atoms with Crippen LogP contribution in [-0.2, 0) is 31.9 Å². The minimum Gasteiger partial charge on any atom is -0.454 e. The van der Waals surface area contributed by atoms with Crippen LogP contribution in [0.4, 0.5) is 0 Å². The molecular weight excluding hydrogens is 352 g/mol. The molecule has 0 unspecified atom stereocenters. The van der Waals surface area contributed by atoms with E-state index in [-0.39, 0.29) is 11.9 Å². The largest absolute Gasteiger partial charge is 0.454 e. The quantitative estimate of drug-likeness (QED) is 0.744. The first-order chi connectivity index (χ1) is 13.5. The fraction of sp³-hybridized carbons (Fsp3) is 0.250. The topological polar surface area (TPSA) is 52.6 Å². The van der Waals surface area contributed by atoms with E-state index in [0.29, 0.717) is 24.0 Å². The summed E-state index contributed by atoms with van der Waals surface area (Å²) in [7, 11) is 0. The molecule has 0 radical (unpaired) electrons. The van der Waals surface area contributed by atoms with E-state index >= 15 is 0 Å². The lowest BCUT2D eigenvalue weighted by atomic mass is 9.87. The number of esters is 2. The van der Waals surface area contributed by atoms with Crippen LogP contribution in [0.3, 0.4) is 0 Å². The van der Waals surface area contributed by atoms with Crippen molar-refractivity contribution in [2.75, 3.05) is 0 Å². The molecule has 0 bridgehead atoms. The molecule has 0 fully saturated rings. The second-order valence-corrected chi connectivity index (χ2v) is 7.20. The fourth-order valence-electron chi connectivity index (χ4n) is 3.99. The maximum atomic E-state index is 12.6. The van der Waals surface area contributed by atoms with Gasteiger partial charge in [-0.05, 0) is 25.0 Å². The van der Waals surface area contributed by atoms with Crippen LogP contribution in [0.25, 0.3) is 0 Å². The molecule has 0 aromatic heterocycles. The Kier molecular flexibility index (Phi) is 4.86. The maximum absolute atomic E-state index is 12.6. The summed E-state index contributed by atoms with van der Waals surface area (Å²) in [5.41, 5.74) is 4.90. The Bertz CT molecular complexity index is 889. The highest BCUT2D eigenvalue weighted by molar-refractivity contribution is 5.98. The van der Waals surface area contributed by atoms with Gasteiger partial charge in [0.05, 0.1) is 0 Å². The number of cyclic esters (lactones) is 2. The number of carbonyl (C=O) groups is 2. The fourth-order valence-corrected chi connectivity index (χ4v) is 3.99. The highest BCUT2D eigenvalue weighted by Gasteiger charge is 2.41. The van der Waals surface area contributed by atoms with E-state index in [2.05, 4.69) is 0 Å². The van der Waals surface area contributed by atoms with E-state index in [0.717, 1.165) is 22.3 Å². The second-order valence-electron chi connectivity index (χ2n) is 7.20. The number of hydrogen-bond donors (Lipinski definition) is 0. The molecule has 2 aliphatic rings. The SMILES string of the molecule is C[C@H]1OC(=O)C(Cc2ccccc2)=C1C1=C(Cc2ccccc2)C(=O)O[C@@H]1C. The lowest BCUT2D eigenvalue weighted by Crippen LogP contribution is -2.14. The molecule has 4 rings (SSSR count). The minimum atomic E-state index is -0.399. The first kappa shape index (κ1) is 18.2. The van der Waals surface area contributed by atoms with E-state index in [1.807, 2.05) is 74.5 Å². The van der Waals surface area contributed by atoms with E-state index in [1.165, 1.54) is 0 Å². The van der Waals surface area contributed by atoms with Crippen molar-refractivity contribution in [3.63, 3.8) is 0 Å². The van der Waals surface area contributed by atoms with Gasteiger partial charge in [0, 0.05) is 35.1 Å². The molecule has 4 nitrogen and oxygen atoms in total. The molecule has 2 aromatic carbocycles. The highest BCUT2D eigenvalue weighted by Crippen LogP contribution is 2.39. The highest BCUT2D eigenvalue weighted by atomic mass is 16.6. The molecular formula is C24H22O4. The van der Waals surface area contributed by atoms with Crippen LogP contribution in [0.1, 0.15) is 25.0 Å². The van der Waals surface area contributed by atoms with Crippen molar-refractivity contribution in [1.82, 2.24) is 0 Å². The smallest absolute Gasteiger partial charge is 0.335 e. The Morgan fingerprint density at radius 3 is 1.36 bits per heavy atom. The van der Waals surface area contributed by atoms with Gasteiger partial charge in [-0.1, -0.05) is 60.7 Å². The average Bonchev–Trinajstić information content (AvgIpc) is 3.11. The van der Waals surface area contributed by atoms with E-state index in [1.54, 1.807) is 0 Å². The molecule has 142 valence electrons. The molecule has 28 heavy (non-hydrogen) atoms. The van der Waals surface area contributed by atoms with Crippen molar-refractivity contribution >= 4 is 11.9 Å². The van der Waals surface area contributed by atoms with Crippen molar-refractivity contribution < 1.29 is 19.1 Å². The normalized spacial score (nSPS) is 21.9. The van der Waals surface area contributed by atoms with Crippen molar-refractivity contribution in [2.24, 2.45) is 0 Å². The Labute approximate surface area is 164 Å². The van der Waals surface area contributed by atoms with Gasteiger partial charge in [0.25, 0.3) is 0 Å². The number of carbonyl (C=O) groups excluding carboxylic acids is 2. The second kappa shape index (κ2) is 7.47. The van der Waals surface area contributed by atoms with Crippen LogP contribution in [-0.4, -0.2) is 24.1 Å². The van der Waals surface area contributed by atoms with Crippen molar-refractivity contribution in [3.05, 3.63) is 94.1 Å². The van der Waals surface area contributed by atoms with Gasteiger partial charge in [0.1, 0.15) is 12.2 Å². The summed E-state index contributed by atoms with van der Waals surface area (Å²) in [6.07, 6.45) is 0.151. The molecule has 0 spiro atoms. The van der Waals surface area contributed by atoms with Crippen LogP contribution < -0.4 is 0 Å². The summed E-state index contributed by atoms with van der Waals surface area (Å²) in [5, 5.41) is 0. The molecule has 0 saturated carbocycles. The summed E-state index contributed by atoms with van der Waals surface area (Å²) in [4.78, 5) is 25.2. The molecule has 0 saturated heterocycles. The first-order valence-electron chi connectivity index (χ1n) is 9.51. The van der Waals surface area contributed by atoms with Gasteiger partial charge in [0.2, 0.25) is 0 Å². The van der Waals surface area contributed by atoms with E-state index in [4.69, 9.17) is 9.47 Å². The van der Waals surface area contributed by atoms with Crippen LogP contribution in [0.15, 0.2) is 83.0 Å². The van der Waals surface area contributed by atoms with Gasteiger partial charge in [-0.3, -0.25) is 0 Å². The Morgan fingerprint density at radius 2 is 1.00 bits per heavy atom. The number of ether oxygens (including phenoxy) is 2. The van der Waals surface area contributed by atoms with Crippen LogP contribution in [0.5, 0.6) is 0 Å². The number of rotatable bonds is 5. The monoisotopic (exact) mass is 374 g/mol. The zero-order chi connectivity index (χ0) is 19.7. The third-order valence-corrected chi connectivity index (χ3v) is 5.26. The molecule has 2 aromatic rings. The van der Waals surface area contributed by atoms with Crippen molar-refractivity contribution in [1.29, 1.82) is 0 Å². The van der Waals surface area contributed by atoms with Gasteiger partial charge in [-0.15, -0.1) is 0 Å². The molecule has 2 heterocycles. The van der Waals surface area contributed by atoms with Gasteiger partial charge in [0.15, 0.2) is 0 Å². The molecule has 4 heteroatoms. The predicted octanol–water partition coefficient (Wildman–Crippen LogP) is 3.96. The molecule has 2 aliphatic heterocycles. The van der Waals surface area contributed by atoms with E-state index in [9.17, 15) is 9.59 Å². The summed E-state index contributed by atoms with van der Waals surface area (Å²) in [6.45, 7) is 3.71. The number of benzene rings is 2. The standard InChI is InChI=1S/C24H22O4/c1-15-21(19(23(25)27-15)13-17-9-5-3-6-10-17)22-16(2)28-24(26)20(22)14-18-11-7-4-8-12-18/h3-12,15-16H,13-14H2,1-2H3/t15-,16-/m1/s1. The maximum Gasteiger partial charge on any atom is 0.335 e. The summed E-state index contributed by atoms with van der Waals surface area (Å²) < 4.78 is 11.1. The average molecular weight is 374 g/mol. The van der Waals surface area contributed by atoms with Crippen LogP contribution in [0, 0.1) is 0 Å². The lowest BCUT2D eigenvalue weighted by molar-refractivity contribution is -0.140. The third kappa shape index (κ3) is 3.38. The minimum absolute atomic E-state index is 0.315. The Balaban J connectivity index is 1.81. The summed E-state index contributed by atoms with van der Waals surface area (Å²) in [6, 6.07) is 19.6. The molecule has 0 aliphatic carbocycles. The van der Waals surface area contributed by atoms with Gasteiger partial charge < -0.3 is 9.47 Å². The zero-order valence-corrected chi connectivity index (χ0v) is 16.0. The summed E-state index contributed by atoms with van der Waals surface area (Å²) in [5.74, 6) is -0.631. The number of hydrogen-bond acceptors (Lipinski definition) is 4.